The van der Waals surface area contributed by atoms with Gasteiger partial charge in [-0.2, -0.15) is 11.3 Å². The zero-order valence-corrected chi connectivity index (χ0v) is 12.8. The van der Waals surface area contributed by atoms with Crippen LogP contribution in [0.1, 0.15) is 24.3 Å². The minimum absolute atomic E-state index is 0.139. The Hall–Kier alpha value is -0.530. The van der Waals surface area contributed by atoms with E-state index in [0.29, 0.717) is 4.34 Å². The molecule has 7 heteroatoms. The molecule has 2 atom stereocenters. The lowest BCUT2D eigenvalue weighted by Crippen LogP contribution is -2.42. The van der Waals surface area contributed by atoms with Crippen LogP contribution in [0.15, 0.2) is 16.8 Å². The number of nitrogens with zero attached hydrogens (tertiary/aromatic N) is 3. The van der Waals surface area contributed by atoms with Crippen LogP contribution >= 0.6 is 34.5 Å². The Balaban J connectivity index is 1.70. The van der Waals surface area contributed by atoms with Gasteiger partial charge in [-0.05, 0) is 29.3 Å². The number of ether oxygens (including phenoxy) is 1. The van der Waals surface area contributed by atoms with Crippen molar-refractivity contribution >= 4 is 34.5 Å². The van der Waals surface area contributed by atoms with Crippen LogP contribution < -0.4 is 0 Å². The highest BCUT2D eigenvalue weighted by molar-refractivity contribution is 7.10. The second-order valence-corrected chi connectivity index (χ2v) is 6.82. The quantitative estimate of drug-likeness (QED) is 0.871. The van der Waals surface area contributed by atoms with Gasteiger partial charge in [0.25, 0.3) is 0 Å². The predicted molar refractivity (Wildman–Crippen MR) is 77.8 cm³/mol. The SMILES string of the molecule is CC1CN(Cc2nnsc2Cl)CC(c2ccsc2)O1. The molecule has 1 saturated heterocycles. The van der Waals surface area contributed by atoms with Crippen molar-refractivity contribution in [2.24, 2.45) is 0 Å². The summed E-state index contributed by atoms with van der Waals surface area (Å²) < 4.78 is 10.6. The van der Waals surface area contributed by atoms with Crippen molar-refractivity contribution in [3.05, 3.63) is 32.4 Å². The maximum Gasteiger partial charge on any atom is 0.138 e. The van der Waals surface area contributed by atoms with Crippen LogP contribution in [0.2, 0.25) is 4.34 Å². The lowest BCUT2D eigenvalue weighted by Gasteiger charge is -2.36. The lowest BCUT2D eigenvalue weighted by atomic mass is 10.1. The zero-order chi connectivity index (χ0) is 13.2. The lowest BCUT2D eigenvalue weighted by molar-refractivity contribution is -0.0815. The Morgan fingerprint density at radius 2 is 2.42 bits per heavy atom. The molecule has 102 valence electrons. The van der Waals surface area contributed by atoms with Crippen molar-refractivity contribution in [1.82, 2.24) is 14.5 Å². The first-order chi connectivity index (χ1) is 9.22. The number of aromatic nitrogens is 2. The van der Waals surface area contributed by atoms with Crippen molar-refractivity contribution in [2.45, 2.75) is 25.7 Å². The van der Waals surface area contributed by atoms with Crippen LogP contribution in [0.5, 0.6) is 0 Å². The first-order valence-electron chi connectivity index (χ1n) is 6.09. The fourth-order valence-corrected chi connectivity index (χ4v) is 3.63. The molecule has 1 aliphatic heterocycles. The molecule has 19 heavy (non-hydrogen) atoms. The van der Waals surface area contributed by atoms with Crippen molar-refractivity contribution in [1.29, 1.82) is 0 Å². The number of hydrogen-bond acceptors (Lipinski definition) is 6. The van der Waals surface area contributed by atoms with E-state index < -0.39 is 0 Å². The summed E-state index contributed by atoms with van der Waals surface area (Å²) in [5.41, 5.74) is 2.12. The highest BCUT2D eigenvalue weighted by Gasteiger charge is 2.27. The number of rotatable bonds is 3. The molecule has 0 saturated carbocycles. The van der Waals surface area contributed by atoms with Gasteiger partial charge in [-0.3, -0.25) is 4.90 Å². The molecule has 0 amide bonds. The van der Waals surface area contributed by atoms with Crippen LogP contribution in [-0.2, 0) is 11.3 Å². The maximum atomic E-state index is 6.07. The highest BCUT2D eigenvalue weighted by atomic mass is 35.5. The fourth-order valence-electron chi connectivity index (χ4n) is 2.31. The fraction of sp³-hybridized carbons (Fsp3) is 0.500. The molecule has 0 N–H and O–H groups in total. The summed E-state index contributed by atoms with van der Waals surface area (Å²) in [4.78, 5) is 2.33. The van der Waals surface area contributed by atoms with E-state index in [-0.39, 0.29) is 12.2 Å². The third-order valence-electron chi connectivity index (χ3n) is 3.13. The van der Waals surface area contributed by atoms with Crippen molar-refractivity contribution in [2.75, 3.05) is 13.1 Å². The minimum Gasteiger partial charge on any atom is -0.368 e. The molecule has 0 aromatic carbocycles. The van der Waals surface area contributed by atoms with Gasteiger partial charge in [-0.1, -0.05) is 16.1 Å². The van der Waals surface area contributed by atoms with E-state index >= 15 is 0 Å². The number of morpholine rings is 1. The van der Waals surface area contributed by atoms with Crippen LogP contribution in [-0.4, -0.2) is 33.7 Å². The summed E-state index contributed by atoms with van der Waals surface area (Å²) in [5, 5.41) is 8.32. The Morgan fingerprint density at radius 1 is 1.53 bits per heavy atom. The molecule has 0 bridgehead atoms. The van der Waals surface area contributed by atoms with Crippen LogP contribution in [0, 0.1) is 0 Å². The molecule has 1 fully saturated rings. The molecule has 3 rings (SSSR count). The first kappa shape index (κ1) is 13.5. The summed E-state index contributed by atoms with van der Waals surface area (Å²) in [6.07, 6.45) is 0.351. The molecule has 3 heterocycles. The van der Waals surface area contributed by atoms with Crippen molar-refractivity contribution in [3.63, 3.8) is 0 Å². The van der Waals surface area contributed by atoms with E-state index in [1.54, 1.807) is 11.3 Å². The van der Waals surface area contributed by atoms with Gasteiger partial charge in [0, 0.05) is 31.2 Å². The molecule has 0 aliphatic carbocycles. The van der Waals surface area contributed by atoms with Crippen LogP contribution in [0.25, 0.3) is 0 Å². The van der Waals surface area contributed by atoms with E-state index in [2.05, 4.69) is 38.2 Å². The van der Waals surface area contributed by atoms with E-state index in [1.165, 1.54) is 17.1 Å². The van der Waals surface area contributed by atoms with Gasteiger partial charge in [0.2, 0.25) is 0 Å². The highest BCUT2D eigenvalue weighted by Crippen LogP contribution is 2.28. The van der Waals surface area contributed by atoms with Gasteiger partial charge in [0.05, 0.1) is 12.2 Å². The van der Waals surface area contributed by atoms with E-state index in [4.69, 9.17) is 16.3 Å². The molecule has 4 nitrogen and oxygen atoms in total. The topological polar surface area (TPSA) is 38.2 Å². The van der Waals surface area contributed by atoms with E-state index in [0.717, 1.165) is 25.3 Å². The Kier molecular flexibility index (Phi) is 4.14. The number of thiophene rings is 1. The monoisotopic (exact) mass is 315 g/mol. The summed E-state index contributed by atoms with van der Waals surface area (Å²) in [5.74, 6) is 0. The van der Waals surface area contributed by atoms with Gasteiger partial charge < -0.3 is 4.74 Å². The molecular formula is C12H14ClN3OS2. The normalized spacial score (nSPS) is 24.7. The smallest absolute Gasteiger partial charge is 0.138 e. The largest absolute Gasteiger partial charge is 0.368 e. The third kappa shape index (κ3) is 3.14. The molecule has 2 unspecified atom stereocenters. The second kappa shape index (κ2) is 5.85. The van der Waals surface area contributed by atoms with Gasteiger partial charge >= 0.3 is 0 Å². The minimum atomic E-state index is 0.139. The van der Waals surface area contributed by atoms with E-state index in [9.17, 15) is 0 Å². The van der Waals surface area contributed by atoms with Gasteiger partial charge in [0.1, 0.15) is 10.0 Å². The molecule has 2 aromatic rings. The second-order valence-electron chi connectivity index (χ2n) is 4.68. The summed E-state index contributed by atoms with van der Waals surface area (Å²) in [6.45, 7) is 4.61. The molecular weight excluding hydrogens is 302 g/mol. The van der Waals surface area contributed by atoms with Crippen LogP contribution in [0.4, 0.5) is 0 Å². The zero-order valence-electron chi connectivity index (χ0n) is 10.5. The summed E-state index contributed by atoms with van der Waals surface area (Å²) in [7, 11) is 0. The third-order valence-corrected chi connectivity index (χ3v) is 4.82. The van der Waals surface area contributed by atoms with Crippen molar-refractivity contribution < 1.29 is 4.74 Å². The number of halogens is 1. The Labute approximate surface area is 125 Å². The predicted octanol–water partition coefficient (Wildman–Crippen LogP) is 3.22. The Morgan fingerprint density at radius 3 is 3.11 bits per heavy atom. The van der Waals surface area contributed by atoms with Gasteiger partial charge in [0.15, 0.2) is 0 Å². The molecule has 1 aliphatic rings. The first-order valence-corrected chi connectivity index (χ1v) is 8.18. The average Bonchev–Trinajstić information content (AvgIpc) is 3.01. The van der Waals surface area contributed by atoms with Gasteiger partial charge in [-0.25, -0.2) is 0 Å². The average molecular weight is 316 g/mol. The van der Waals surface area contributed by atoms with Crippen LogP contribution in [0.3, 0.4) is 0 Å². The van der Waals surface area contributed by atoms with Gasteiger partial charge in [-0.15, -0.1) is 5.10 Å². The maximum absolute atomic E-state index is 6.07. The summed E-state index contributed by atoms with van der Waals surface area (Å²) in [6, 6.07) is 2.13. The standard InChI is InChI=1S/C12H14ClN3OS2/c1-8-4-16(5-10-12(13)19-15-14-10)6-11(17-8)9-2-3-18-7-9/h2-3,7-8,11H,4-6H2,1H3. The molecule has 0 radical (unpaired) electrons. The molecule has 0 spiro atoms. The molecule has 2 aromatic heterocycles. The number of hydrogen-bond donors (Lipinski definition) is 0. The Bertz CT molecular complexity index is 531. The van der Waals surface area contributed by atoms with E-state index in [1.807, 2.05) is 0 Å². The summed E-state index contributed by atoms with van der Waals surface area (Å²) >= 11 is 9.01. The van der Waals surface area contributed by atoms with Crippen molar-refractivity contribution in [3.8, 4) is 0 Å².